The fourth-order valence-corrected chi connectivity index (χ4v) is 2.99. The Balaban J connectivity index is 1.92. The number of ether oxygens (including phenoxy) is 1. The van der Waals surface area contributed by atoms with Gasteiger partial charge in [-0.2, -0.15) is 0 Å². The monoisotopic (exact) mass is 326 g/mol. The second-order valence-corrected chi connectivity index (χ2v) is 5.79. The van der Waals surface area contributed by atoms with Crippen molar-refractivity contribution in [3.05, 3.63) is 90.0 Å². The van der Waals surface area contributed by atoms with E-state index in [9.17, 15) is 0 Å². The number of hydrogen-bond acceptors (Lipinski definition) is 2. The Bertz CT molecular complexity index is 1010. The highest BCUT2D eigenvalue weighted by Crippen LogP contribution is 2.38. The van der Waals surface area contributed by atoms with Gasteiger partial charge in [-0.3, -0.25) is 0 Å². The van der Waals surface area contributed by atoms with Crippen molar-refractivity contribution in [2.45, 2.75) is 0 Å². The van der Waals surface area contributed by atoms with Gasteiger partial charge in [0.2, 0.25) is 0 Å². The van der Waals surface area contributed by atoms with Crippen LogP contribution in [-0.2, 0) is 0 Å². The van der Waals surface area contributed by atoms with Crippen molar-refractivity contribution in [2.24, 2.45) is 0 Å². The highest BCUT2D eigenvalue weighted by molar-refractivity contribution is 5.99. The predicted octanol–water partition coefficient (Wildman–Crippen LogP) is 6.28. The fraction of sp³-hybridized carbons (Fsp3) is 0.0435. The van der Waals surface area contributed by atoms with Crippen LogP contribution < -0.4 is 4.74 Å². The first-order valence-electron chi connectivity index (χ1n) is 8.25. The predicted molar refractivity (Wildman–Crippen MR) is 104 cm³/mol. The third kappa shape index (κ3) is 2.94. The van der Waals surface area contributed by atoms with Crippen LogP contribution in [0.2, 0.25) is 0 Å². The molecular formula is C23H18O2. The zero-order valence-corrected chi connectivity index (χ0v) is 14.0. The van der Waals surface area contributed by atoms with Gasteiger partial charge in [0.25, 0.3) is 0 Å². The van der Waals surface area contributed by atoms with Crippen molar-refractivity contribution >= 4 is 23.1 Å². The summed E-state index contributed by atoms with van der Waals surface area (Å²) >= 11 is 0. The third-order valence-corrected chi connectivity index (χ3v) is 4.22. The van der Waals surface area contributed by atoms with Gasteiger partial charge in [0.1, 0.15) is 5.76 Å². The van der Waals surface area contributed by atoms with Crippen LogP contribution in [-0.4, -0.2) is 7.11 Å². The van der Waals surface area contributed by atoms with E-state index in [1.165, 1.54) is 0 Å². The summed E-state index contributed by atoms with van der Waals surface area (Å²) < 4.78 is 11.7. The molecule has 25 heavy (non-hydrogen) atoms. The van der Waals surface area contributed by atoms with Crippen molar-refractivity contribution in [1.82, 2.24) is 0 Å². The van der Waals surface area contributed by atoms with Crippen LogP contribution in [0.25, 0.3) is 34.4 Å². The molecule has 3 aromatic carbocycles. The van der Waals surface area contributed by atoms with Crippen LogP contribution >= 0.6 is 0 Å². The van der Waals surface area contributed by atoms with Crippen molar-refractivity contribution < 1.29 is 9.15 Å². The van der Waals surface area contributed by atoms with E-state index in [0.29, 0.717) is 0 Å². The largest absolute Gasteiger partial charge is 0.493 e. The quantitative estimate of drug-likeness (QED) is 0.440. The lowest BCUT2D eigenvalue weighted by Gasteiger charge is -1.99. The molecule has 0 radical (unpaired) electrons. The van der Waals surface area contributed by atoms with Gasteiger partial charge < -0.3 is 9.15 Å². The van der Waals surface area contributed by atoms with Gasteiger partial charge in [-0.25, -0.2) is 0 Å². The molecule has 0 spiro atoms. The standard InChI is InChI=1S/C23H18O2/c1-24-21-14-8-13-19-20(16-15-17-9-4-2-5-10-17)22(25-23(19)21)18-11-6-3-7-12-18/h2-16H,1H3/b16-15+. The number of benzene rings is 3. The van der Waals surface area contributed by atoms with Crippen LogP contribution in [0.1, 0.15) is 11.1 Å². The summed E-state index contributed by atoms with van der Waals surface area (Å²) in [5.74, 6) is 1.60. The fourth-order valence-electron chi connectivity index (χ4n) is 2.99. The van der Waals surface area contributed by atoms with Crippen LogP contribution in [0.15, 0.2) is 83.3 Å². The Morgan fingerprint density at radius 2 is 1.48 bits per heavy atom. The summed E-state index contributed by atoms with van der Waals surface area (Å²) in [6.07, 6.45) is 4.22. The van der Waals surface area contributed by atoms with Gasteiger partial charge in [0, 0.05) is 16.5 Å². The van der Waals surface area contributed by atoms with Crippen LogP contribution in [0.5, 0.6) is 5.75 Å². The molecule has 4 rings (SSSR count). The number of rotatable bonds is 4. The number of methoxy groups -OCH3 is 1. The number of hydrogen-bond donors (Lipinski definition) is 0. The molecule has 0 saturated carbocycles. The van der Waals surface area contributed by atoms with E-state index in [1.807, 2.05) is 48.5 Å². The van der Waals surface area contributed by atoms with Gasteiger partial charge in [0.15, 0.2) is 11.3 Å². The van der Waals surface area contributed by atoms with E-state index < -0.39 is 0 Å². The Morgan fingerprint density at radius 3 is 2.20 bits per heavy atom. The van der Waals surface area contributed by atoms with Gasteiger partial charge in [0.05, 0.1) is 7.11 Å². The topological polar surface area (TPSA) is 22.4 Å². The highest BCUT2D eigenvalue weighted by atomic mass is 16.5. The molecule has 1 aromatic heterocycles. The average molecular weight is 326 g/mol. The summed E-state index contributed by atoms with van der Waals surface area (Å²) in [5, 5.41) is 1.05. The first kappa shape index (κ1) is 15.3. The normalized spacial score (nSPS) is 11.2. The summed E-state index contributed by atoms with van der Waals surface area (Å²) in [7, 11) is 1.67. The van der Waals surface area contributed by atoms with Gasteiger partial charge in [-0.05, 0) is 17.7 Å². The molecule has 0 bridgehead atoms. The zero-order valence-electron chi connectivity index (χ0n) is 14.0. The minimum absolute atomic E-state index is 0.744. The van der Waals surface area contributed by atoms with Gasteiger partial charge in [-0.1, -0.05) is 78.9 Å². The molecule has 0 aliphatic carbocycles. The molecule has 0 unspecified atom stereocenters. The Labute approximate surface area is 147 Å². The molecule has 122 valence electrons. The molecule has 0 aliphatic heterocycles. The maximum Gasteiger partial charge on any atom is 0.177 e. The maximum atomic E-state index is 6.22. The molecule has 0 atom stereocenters. The van der Waals surface area contributed by atoms with E-state index in [0.717, 1.165) is 39.2 Å². The highest BCUT2D eigenvalue weighted by Gasteiger charge is 2.16. The minimum atomic E-state index is 0.744. The van der Waals surface area contributed by atoms with E-state index in [1.54, 1.807) is 7.11 Å². The molecule has 4 aromatic rings. The molecule has 2 heteroatoms. The first-order valence-corrected chi connectivity index (χ1v) is 8.25. The molecule has 0 saturated heterocycles. The zero-order chi connectivity index (χ0) is 17.1. The molecule has 0 aliphatic rings. The van der Waals surface area contributed by atoms with Crippen LogP contribution in [0, 0.1) is 0 Å². The SMILES string of the molecule is COc1cccc2c(/C=C/c3ccccc3)c(-c3ccccc3)oc12. The summed E-state index contributed by atoms with van der Waals surface area (Å²) in [6, 6.07) is 26.4. The van der Waals surface area contributed by atoms with Crippen LogP contribution in [0.4, 0.5) is 0 Å². The molecule has 0 N–H and O–H groups in total. The molecular weight excluding hydrogens is 308 g/mol. The lowest BCUT2D eigenvalue weighted by molar-refractivity contribution is 0.411. The molecule has 1 heterocycles. The van der Waals surface area contributed by atoms with Gasteiger partial charge in [-0.15, -0.1) is 0 Å². The smallest absolute Gasteiger partial charge is 0.177 e. The van der Waals surface area contributed by atoms with Crippen molar-refractivity contribution in [3.63, 3.8) is 0 Å². The van der Waals surface area contributed by atoms with Crippen LogP contribution in [0.3, 0.4) is 0 Å². The van der Waals surface area contributed by atoms with E-state index in [4.69, 9.17) is 9.15 Å². The number of furan rings is 1. The Hall–Kier alpha value is -3.26. The van der Waals surface area contributed by atoms with Crippen molar-refractivity contribution in [3.8, 4) is 17.1 Å². The first-order chi connectivity index (χ1) is 12.4. The summed E-state index contributed by atoms with van der Waals surface area (Å²) in [6.45, 7) is 0. The maximum absolute atomic E-state index is 6.22. The molecule has 2 nitrogen and oxygen atoms in total. The van der Waals surface area contributed by atoms with Crippen molar-refractivity contribution in [1.29, 1.82) is 0 Å². The van der Waals surface area contributed by atoms with E-state index >= 15 is 0 Å². The average Bonchev–Trinajstić information content (AvgIpc) is 3.06. The third-order valence-electron chi connectivity index (χ3n) is 4.22. The summed E-state index contributed by atoms with van der Waals surface area (Å²) in [4.78, 5) is 0. The van der Waals surface area contributed by atoms with Crippen molar-refractivity contribution in [2.75, 3.05) is 7.11 Å². The lowest BCUT2D eigenvalue weighted by atomic mass is 10.0. The second kappa shape index (κ2) is 6.70. The summed E-state index contributed by atoms with van der Waals surface area (Å²) in [5.41, 5.74) is 4.03. The van der Waals surface area contributed by atoms with Gasteiger partial charge >= 0.3 is 0 Å². The number of para-hydroxylation sites is 1. The lowest BCUT2D eigenvalue weighted by Crippen LogP contribution is -1.82. The second-order valence-electron chi connectivity index (χ2n) is 5.79. The molecule has 0 fully saturated rings. The van der Waals surface area contributed by atoms with E-state index in [2.05, 4.69) is 42.5 Å². The number of fused-ring (bicyclic) bond motifs is 1. The Kier molecular flexibility index (Phi) is 4.09. The van der Waals surface area contributed by atoms with E-state index in [-0.39, 0.29) is 0 Å². The molecule has 0 amide bonds. The minimum Gasteiger partial charge on any atom is -0.493 e. The Morgan fingerprint density at radius 1 is 0.760 bits per heavy atom.